The Bertz CT molecular complexity index is 445. The second-order valence-electron chi connectivity index (χ2n) is 6.51. The molecular formula is C17H25F2N. The molecule has 0 saturated heterocycles. The van der Waals surface area contributed by atoms with Crippen molar-refractivity contribution in [2.24, 2.45) is 11.8 Å². The molecule has 20 heavy (non-hydrogen) atoms. The van der Waals surface area contributed by atoms with Gasteiger partial charge in [0, 0.05) is 6.04 Å². The zero-order valence-corrected chi connectivity index (χ0v) is 12.6. The second kappa shape index (κ2) is 6.66. The summed E-state index contributed by atoms with van der Waals surface area (Å²) in [6, 6.07) is 4.27. The van der Waals surface area contributed by atoms with E-state index in [1.165, 1.54) is 24.6 Å². The number of rotatable bonds is 4. The number of halogens is 2. The maximum Gasteiger partial charge on any atom is 0.126 e. The van der Waals surface area contributed by atoms with Gasteiger partial charge in [0.1, 0.15) is 11.6 Å². The topological polar surface area (TPSA) is 12.0 Å². The van der Waals surface area contributed by atoms with Crippen LogP contribution in [0.2, 0.25) is 0 Å². The molecule has 0 spiro atoms. The highest BCUT2D eigenvalue weighted by Gasteiger charge is 2.31. The SMILES string of the molecule is CC1CCC(CNC(C)C)C(c2cc(F)ccc2F)C1. The van der Waals surface area contributed by atoms with E-state index in [1.54, 1.807) is 0 Å². The van der Waals surface area contributed by atoms with Crippen molar-refractivity contribution in [3.05, 3.63) is 35.4 Å². The van der Waals surface area contributed by atoms with Crippen LogP contribution in [0.15, 0.2) is 18.2 Å². The van der Waals surface area contributed by atoms with Crippen molar-refractivity contribution in [3.63, 3.8) is 0 Å². The molecule has 2 rings (SSSR count). The van der Waals surface area contributed by atoms with Crippen molar-refractivity contribution >= 4 is 0 Å². The maximum atomic E-state index is 14.1. The maximum absolute atomic E-state index is 14.1. The Hall–Kier alpha value is -0.960. The van der Waals surface area contributed by atoms with E-state index in [2.05, 4.69) is 26.1 Å². The van der Waals surface area contributed by atoms with Crippen LogP contribution in [-0.4, -0.2) is 12.6 Å². The average molecular weight is 281 g/mol. The number of hydrogen-bond acceptors (Lipinski definition) is 1. The van der Waals surface area contributed by atoms with E-state index >= 15 is 0 Å². The average Bonchev–Trinajstić information content (AvgIpc) is 2.40. The van der Waals surface area contributed by atoms with Gasteiger partial charge in [-0.1, -0.05) is 27.2 Å². The minimum Gasteiger partial charge on any atom is -0.314 e. The molecule has 1 N–H and O–H groups in total. The molecule has 1 aromatic rings. The molecule has 3 unspecified atom stereocenters. The molecular weight excluding hydrogens is 256 g/mol. The van der Waals surface area contributed by atoms with Crippen LogP contribution in [0.1, 0.15) is 51.5 Å². The van der Waals surface area contributed by atoms with Crippen molar-refractivity contribution in [3.8, 4) is 0 Å². The zero-order chi connectivity index (χ0) is 14.7. The van der Waals surface area contributed by atoms with Crippen molar-refractivity contribution in [2.75, 3.05) is 6.54 Å². The van der Waals surface area contributed by atoms with Gasteiger partial charge in [-0.3, -0.25) is 0 Å². The zero-order valence-electron chi connectivity index (χ0n) is 12.6. The number of hydrogen-bond donors (Lipinski definition) is 1. The molecule has 0 aliphatic heterocycles. The van der Waals surface area contributed by atoms with Gasteiger partial charge in [0.2, 0.25) is 0 Å². The van der Waals surface area contributed by atoms with Gasteiger partial charge in [-0.25, -0.2) is 8.78 Å². The van der Waals surface area contributed by atoms with Crippen molar-refractivity contribution in [1.82, 2.24) is 5.32 Å². The van der Waals surface area contributed by atoms with Crippen LogP contribution >= 0.6 is 0 Å². The molecule has 0 amide bonds. The smallest absolute Gasteiger partial charge is 0.126 e. The van der Waals surface area contributed by atoms with Crippen molar-refractivity contribution < 1.29 is 8.78 Å². The summed E-state index contributed by atoms with van der Waals surface area (Å²) in [7, 11) is 0. The number of benzene rings is 1. The quantitative estimate of drug-likeness (QED) is 0.858. The monoisotopic (exact) mass is 281 g/mol. The lowest BCUT2D eigenvalue weighted by Gasteiger charge is -2.36. The van der Waals surface area contributed by atoms with Gasteiger partial charge in [-0.05, 0) is 60.9 Å². The molecule has 0 heterocycles. The Morgan fingerprint density at radius 2 is 2.00 bits per heavy atom. The molecule has 1 nitrogen and oxygen atoms in total. The van der Waals surface area contributed by atoms with E-state index in [4.69, 9.17) is 0 Å². The van der Waals surface area contributed by atoms with E-state index < -0.39 is 0 Å². The Kier molecular flexibility index (Phi) is 5.14. The predicted octanol–water partition coefficient (Wildman–Crippen LogP) is 4.48. The van der Waals surface area contributed by atoms with E-state index in [1.807, 2.05) is 0 Å². The molecule has 1 aromatic carbocycles. The van der Waals surface area contributed by atoms with Crippen LogP contribution in [0.25, 0.3) is 0 Å². The minimum absolute atomic E-state index is 0.126. The molecule has 3 atom stereocenters. The fourth-order valence-electron chi connectivity index (χ4n) is 3.25. The minimum atomic E-state index is -0.338. The van der Waals surface area contributed by atoms with Gasteiger partial charge >= 0.3 is 0 Å². The van der Waals surface area contributed by atoms with Crippen molar-refractivity contribution in [1.29, 1.82) is 0 Å². The van der Waals surface area contributed by atoms with E-state index in [9.17, 15) is 8.78 Å². The van der Waals surface area contributed by atoms with Crippen LogP contribution in [0.5, 0.6) is 0 Å². The Morgan fingerprint density at radius 1 is 1.25 bits per heavy atom. The van der Waals surface area contributed by atoms with Gasteiger partial charge < -0.3 is 5.32 Å². The van der Waals surface area contributed by atoms with Crippen LogP contribution < -0.4 is 5.32 Å². The first-order chi connectivity index (χ1) is 9.47. The highest BCUT2D eigenvalue weighted by atomic mass is 19.1. The molecule has 0 radical (unpaired) electrons. The highest BCUT2D eigenvalue weighted by Crippen LogP contribution is 2.41. The number of nitrogens with one attached hydrogen (secondary N) is 1. The largest absolute Gasteiger partial charge is 0.314 e. The summed E-state index contributed by atoms with van der Waals surface area (Å²) in [5, 5.41) is 3.45. The first-order valence-electron chi connectivity index (χ1n) is 7.65. The first kappa shape index (κ1) is 15.4. The van der Waals surface area contributed by atoms with Gasteiger partial charge in [0.25, 0.3) is 0 Å². The van der Waals surface area contributed by atoms with Crippen LogP contribution in [0, 0.1) is 23.5 Å². The highest BCUT2D eigenvalue weighted by molar-refractivity contribution is 5.24. The van der Waals surface area contributed by atoms with Crippen LogP contribution in [-0.2, 0) is 0 Å². The molecule has 0 aromatic heterocycles. The van der Waals surface area contributed by atoms with Gasteiger partial charge in [-0.2, -0.15) is 0 Å². The standard InChI is InChI=1S/C17H25F2N/c1-11(2)20-10-13-5-4-12(3)8-15(13)16-9-14(18)6-7-17(16)19/h6-7,9,11-13,15,20H,4-5,8,10H2,1-3H3. The fraction of sp³-hybridized carbons (Fsp3) is 0.647. The lowest BCUT2D eigenvalue weighted by Crippen LogP contribution is -2.35. The van der Waals surface area contributed by atoms with Gasteiger partial charge in [0.05, 0.1) is 0 Å². The molecule has 3 heteroatoms. The lowest BCUT2D eigenvalue weighted by atomic mass is 9.71. The van der Waals surface area contributed by atoms with Crippen LogP contribution in [0.3, 0.4) is 0 Å². The van der Waals surface area contributed by atoms with E-state index in [0.29, 0.717) is 23.4 Å². The van der Waals surface area contributed by atoms with E-state index in [0.717, 1.165) is 19.4 Å². The normalized spacial score (nSPS) is 27.0. The lowest BCUT2D eigenvalue weighted by molar-refractivity contribution is 0.234. The summed E-state index contributed by atoms with van der Waals surface area (Å²) in [5.74, 6) is 0.499. The van der Waals surface area contributed by atoms with Crippen molar-refractivity contribution in [2.45, 2.75) is 52.0 Å². The second-order valence-corrected chi connectivity index (χ2v) is 6.51. The summed E-state index contributed by atoms with van der Waals surface area (Å²) in [4.78, 5) is 0. The first-order valence-corrected chi connectivity index (χ1v) is 7.65. The van der Waals surface area contributed by atoms with Crippen LogP contribution in [0.4, 0.5) is 8.78 Å². The van der Waals surface area contributed by atoms with Gasteiger partial charge in [-0.15, -0.1) is 0 Å². The summed E-state index contributed by atoms with van der Waals surface area (Å²) in [6.45, 7) is 7.31. The molecule has 0 bridgehead atoms. The molecule has 1 saturated carbocycles. The van der Waals surface area contributed by atoms with Gasteiger partial charge in [0.15, 0.2) is 0 Å². The summed E-state index contributed by atoms with van der Waals surface area (Å²) >= 11 is 0. The van der Waals surface area contributed by atoms with E-state index in [-0.39, 0.29) is 17.6 Å². The summed E-state index contributed by atoms with van der Waals surface area (Å²) in [6.07, 6.45) is 3.21. The predicted molar refractivity (Wildman–Crippen MR) is 78.7 cm³/mol. The third-order valence-electron chi connectivity index (χ3n) is 4.40. The summed E-state index contributed by atoms with van der Waals surface area (Å²) in [5.41, 5.74) is 0.562. The molecule has 1 aliphatic carbocycles. The fourth-order valence-corrected chi connectivity index (χ4v) is 3.25. The Labute approximate surface area is 120 Å². The molecule has 1 aliphatic rings. The third kappa shape index (κ3) is 3.78. The Morgan fingerprint density at radius 3 is 2.70 bits per heavy atom. The summed E-state index contributed by atoms with van der Waals surface area (Å²) < 4.78 is 27.5. The molecule has 112 valence electrons. The Balaban J connectivity index is 2.20. The molecule has 1 fully saturated rings. The third-order valence-corrected chi connectivity index (χ3v) is 4.40.